The maximum Gasteiger partial charge on any atom is 0.305 e. The van der Waals surface area contributed by atoms with Gasteiger partial charge in [0.2, 0.25) is 5.91 Å². The summed E-state index contributed by atoms with van der Waals surface area (Å²) >= 11 is 0. The molecular weight excluding hydrogens is 250 g/mol. The lowest BCUT2D eigenvalue weighted by Crippen LogP contribution is -2.46. The van der Waals surface area contributed by atoms with Crippen molar-refractivity contribution in [2.45, 2.75) is 18.9 Å². The minimum Gasteiger partial charge on any atom is -0.481 e. The third kappa shape index (κ3) is 8.52. The first-order valence-electron chi connectivity index (χ1n) is 6.28. The van der Waals surface area contributed by atoms with E-state index in [1.54, 1.807) is 12.0 Å². The van der Waals surface area contributed by atoms with Crippen LogP contribution in [-0.4, -0.2) is 80.3 Å². The molecule has 1 atom stereocenters. The van der Waals surface area contributed by atoms with Crippen LogP contribution in [-0.2, 0) is 14.3 Å². The molecule has 19 heavy (non-hydrogen) atoms. The van der Waals surface area contributed by atoms with Gasteiger partial charge in [0.25, 0.3) is 0 Å². The van der Waals surface area contributed by atoms with Gasteiger partial charge in [-0.25, -0.2) is 0 Å². The predicted molar refractivity (Wildman–Crippen MR) is 71.9 cm³/mol. The minimum atomic E-state index is -1.07. The van der Waals surface area contributed by atoms with Crippen molar-refractivity contribution >= 4 is 11.9 Å². The summed E-state index contributed by atoms with van der Waals surface area (Å²) < 4.78 is 4.95. The van der Waals surface area contributed by atoms with E-state index in [1.165, 1.54) is 0 Å². The number of ether oxygens (including phenoxy) is 1. The van der Waals surface area contributed by atoms with Crippen LogP contribution < -0.4 is 5.73 Å². The second-order valence-corrected chi connectivity index (χ2v) is 4.68. The topological polar surface area (TPSA) is 96.1 Å². The van der Waals surface area contributed by atoms with Crippen molar-refractivity contribution in [1.82, 2.24) is 9.80 Å². The van der Waals surface area contributed by atoms with E-state index in [4.69, 9.17) is 15.6 Å². The fourth-order valence-electron chi connectivity index (χ4n) is 1.62. The van der Waals surface area contributed by atoms with Crippen LogP contribution in [0.2, 0.25) is 0 Å². The summed E-state index contributed by atoms with van der Waals surface area (Å²) in [6, 6.07) is -0.992. The molecule has 0 heterocycles. The van der Waals surface area contributed by atoms with Gasteiger partial charge in [-0.2, -0.15) is 0 Å². The molecule has 0 fully saturated rings. The van der Waals surface area contributed by atoms with Crippen LogP contribution >= 0.6 is 0 Å². The van der Waals surface area contributed by atoms with Crippen molar-refractivity contribution in [3.05, 3.63) is 0 Å². The normalized spacial score (nSPS) is 12.5. The van der Waals surface area contributed by atoms with Crippen LogP contribution in [0, 0.1) is 0 Å². The molecule has 112 valence electrons. The van der Waals surface area contributed by atoms with E-state index in [1.807, 2.05) is 19.0 Å². The Morgan fingerprint density at radius 3 is 2.37 bits per heavy atom. The summed E-state index contributed by atoms with van der Waals surface area (Å²) in [4.78, 5) is 26.2. The van der Waals surface area contributed by atoms with E-state index >= 15 is 0 Å². The van der Waals surface area contributed by atoms with Crippen molar-refractivity contribution < 1.29 is 19.4 Å². The van der Waals surface area contributed by atoms with Crippen LogP contribution in [0.4, 0.5) is 0 Å². The molecule has 0 saturated carbocycles. The Morgan fingerprint density at radius 1 is 1.26 bits per heavy atom. The highest BCUT2D eigenvalue weighted by Gasteiger charge is 2.22. The molecule has 0 rings (SSSR count). The number of nitrogens with two attached hydrogens (primary N) is 1. The predicted octanol–water partition coefficient (Wildman–Crippen LogP) is -0.785. The van der Waals surface area contributed by atoms with Gasteiger partial charge < -0.3 is 25.4 Å². The Morgan fingerprint density at radius 2 is 1.89 bits per heavy atom. The van der Waals surface area contributed by atoms with Crippen LogP contribution in [0.1, 0.15) is 12.8 Å². The zero-order valence-corrected chi connectivity index (χ0v) is 12.0. The molecule has 7 nitrogen and oxygen atoms in total. The largest absolute Gasteiger partial charge is 0.481 e. The molecule has 0 saturated heterocycles. The average molecular weight is 275 g/mol. The van der Waals surface area contributed by atoms with Gasteiger partial charge in [0.1, 0.15) is 0 Å². The van der Waals surface area contributed by atoms with Gasteiger partial charge in [-0.15, -0.1) is 0 Å². The standard InChI is InChI=1S/C12H25N3O4/c1-14(2)5-4-6-15(7-8-19-3)12(18)10(13)9-11(16)17/h10H,4-9,13H2,1-3H3,(H,16,17). The highest BCUT2D eigenvalue weighted by Crippen LogP contribution is 2.00. The van der Waals surface area contributed by atoms with Crippen LogP contribution in [0.5, 0.6) is 0 Å². The molecule has 1 amide bonds. The Hall–Kier alpha value is -1.18. The summed E-state index contributed by atoms with van der Waals surface area (Å²) in [6.07, 6.45) is 0.457. The first-order valence-corrected chi connectivity index (χ1v) is 6.28. The lowest BCUT2D eigenvalue weighted by molar-refractivity contribution is -0.142. The molecule has 0 aromatic heterocycles. The number of methoxy groups -OCH3 is 1. The van der Waals surface area contributed by atoms with Crippen molar-refractivity contribution in [2.75, 3.05) is 47.4 Å². The maximum absolute atomic E-state index is 12.0. The van der Waals surface area contributed by atoms with E-state index < -0.39 is 12.0 Å². The van der Waals surface area contributed by atoms with Crippen molar-refractivity contribution in [2.24, 2.45) is 5.73 Å². The van der Waals surface area contributed by atoms with Gasteiger partial charge >= 0.3 is 5.97 Å². The summed E-state index contributed by atoms with van der Waals surface area (Å²) in [5, 5.41) is 8.66. The first kappa shape index (κ1) is 17.8. The molecule has 0 aliphatic heterocycles. The van der Waals surface area contributed by atoms with Gasteiger partial charge in [-0.05, 0) is 27.1 Å². The van der Waals surface area contributed by atoms with Gasteiger partial charge in [0, 0.05) is 20.2 Å². The number of carbonyl (C=O) groups excluding carboxylic acids is 1. The molecule has 0 aromatic carbocycles. The highest BCUT2D eigenvalue weighted by atomic mass is 16.5. The number of rotatable bonds is 10. The molecular formula is C12H25N3O4. The van der Waals surface area contributed by atoms with Crippen LogP contribution in [0.3, 0.4) is 0 Å². The van der Waals surface area contributed by atoms with E-state index in [2.05, 4.69) is 0 Å². The Kier molecular flexibility index (Phi) is 9.11. The second kappa shape index (κ2) is 9.71. The minimum absolute atomic E-state index is 0.335. The second-order valence-electron chi connectivity index (χ2n) is 4.68. The fourth-order valence-corrected chi connectivity index (χ4v) is 1.62. The summed E-state index contributed by atoms with van der Waals surface area (Å²) in [6.45, 7) is 2.24. The number of carboxylic acids is 1. The van der Waals surface area contributed by atoms with Gasteiger partial charge in [0.05, 0.1) is 19.1 Å². The smallest absolute Gasteiger partial charge is 0.305 e. The van der Waals surface area contributed by atoms with E-state index in [0.717, 1.165) is 13.0 Å². The molecule has 0 aliphatic rings. The summed E-state index contributed by atoms with van der Waals surface area (Å²) in [7, 11) is 5.47. The SMILES string of the molecule is COCCN(CCCN(C)C)C(=O)C(N)CC(=O)O. The quantitative estimate of drug-likeness (QED) is 0.543. The maximum atomic E-state index is 12.0. The summed E-state index contributed by atoms with van der Waals surface area (Å²) in [5.74, 6) is -1.40. The first-order chi connectivity index (χ1) is 8.88. The fraction of sp³-hybridized carbons (Fsp3) is 0.833. The number of hydrogen-bond donors (Lipinski definition) is 2. The zero-order valence-electron chi connectivity index (χ0n) is 12.0. The molecule has 3 N–H and O–H groups in total. The molecule has 0 bridgehead atoms. The zero-order chi connectivity index (χ0) is 14.8. The third-order valence-electron chi connectivity index (χ3n) is 2.62. The monoisotopic (exact) mass is 275 g/mol. The average Bonchev–Trinajstić information content (AvgIpc) is 2.31. The molecule has 7 heteroatoms. The summed E-state index contributed by atoms with van der Waals surface area (Å²) in [5.41, 5.74) is 5.60. The molecule has 0 aromatic rings. The van der Waals surface area contributed by atoms with Crippen LogP contribution in [0.25, 0.3) is 0 Å². The van der Waals surface area contributed by atoms with Gasteiger partial charge in [0.15, 0.2) is 0 Å². The molecule has 1 unspecified atom stereocenters. The van der Waals surface area contributed by atoms with Crippen molar-refractivity contribution in [3.63, 3.8) is 0 Å². The van der Waals surface area contributed by atoms with Crippen LogP contribution in [0.15, 0.2) is 0 Å². The third-order valence-corrected chi connectivity index (χ3v) is 2.62. The van der Waals surface area contributed by atoms with E-state index in [0.29, 0.717) is 19.7 Å². The molecule has 0 aliphatic carbocycles. The lowest BCUT2D eigenvalue weighted by atomic mass is 10.2. The number of amides is 1. The number of aliphatic carboxylic acids is 1. The van der Waals surface area contributed by atoms with Crippen molar-refractivity contribution in [1.29, 1.82) is 0 Å². The Balaban J connectivity index is 4.36. The molecule has 0 spiro atoms. The Labute approximate surface area is 114 Å². The van der Waals surface area contributed by atoms with Crippen molar-refractivity contribution in [3.8, 4) is 0 Å². The van der Waals surface area contributed by atoms with Gasteiger partial charge in [-0.1, -0.05) is 0 Å². The Bertz CT molecular complexity index is 284. The lowest BCUT2D eigenvalue weighted by Gasteiger charge is -2.25. The highest BCUT2D eigenvalue weighted by molar-refractivity contribution is 5.85. The number of carboxylic acid groups (broad SMARTS) is 1. The number of hydrogen-bond acceptors (Lipinski definition) is 5. The number of nitrogens with zero attached hydrogens (tertiary/aromatic N) is 2. The number of carbonyl (C=O) groups is 2. The van der Waals surface area contributed by atoms with E-state index in [9.17, 15) is 9.59 Å². The molecule has 0 radical (unpaired) electrons. The van der Waals surface area contributed by atoms with E-state index in [-0.39, 0.29) is 12.3 Å². The van der Waals surface area contributed by atoms with Gasteiger partial charge in [-0.3, -0.25) is 9.59 Å².